The molecule has 0 fully saturated rings. The van der Waals surface area contributed by atoms with E-state index in [4.69, 9.17) is 0 Å². The number of rotatable bonds is 7. The molecule has 1 aliphatic heterocycles. The SMILES string of the molecule is CCC(C)N(CC(=O)N1CCc2sccc2C1c1ccccc1C)C(=O)CC(C)C. The summed E-state index contributed by atoms with van der Waals surface area (Å²) in [6.07, 6.45) is 2.20. The first-order valence-corrected chi connectivity index (χ1v) is 11.9. The van der Waals surface area contributed by atoms with Crippen LogP contribution in [0.15, 0.2) is 35.7 Å². The number of aryl methyl sites for hydroxylation is 1. The van der Waals surface area contributed by atoms with E-state index in [9.17, 15) is 9.59 Å². The molecule has 2 heterocycles. The third-order valence-corrected chi connectivity index (χ3v) is 7.10. The molecule has 2 amide bonds. The minimum absolute atomic E-state index is 0.0394. The highest BCUT2D eigenvalue weighted by Gasteiger charge is 2.35. The Morgan fingerprint density at radius 3 is 2.57 bits per heavy atom. The molecule has 5 heteroatoms. The third kappa shape index (κ3) is 4.77. The van der Waals surface area contributed by atoms with Crippen molar-refractivity contribution < 1.29 is 9.59 Å². The van der Waals surface area contributed by atoms with E-state index in [-0.39, 0.29) is 36.4 Å². The number of hydrogen-bond donors (Lipinski definition) is 0. The summed E-state index contributed by atoms with van der Waals surface area (Å²) in [6.45, 7) is 11.2. The number of amides is 2. The zero-order chi connectivity index (χ0) is 21.8. The normalized spacial score (nSPS) is 17.0. The Labute approximate surface area is 184 Å². The molecule has 2 unspecified atom stereocenters. The minimum Gasteiger partial charge on any atom is -0.331 e. The molecule has 30 heavy (non-hydrogen) atoms. The molecule has 4 nitrogen and oxygen atoms in total. The molecule has 1 aliphatic rings. The summed E-state index contributed by atoms with van der Waals surface area (Å²) in [7, 11) is 0. The van der Waals surface area contributed by atoms with Gasteiger partial charge in [0.05, 0.1) is 6.04 Å². The Hall–Kier alpha value is -2.14. The van der Waals surface area contributed by atoms with Gasteiger partial charge in [0.25, 0.3) is 0 Å². The Kier molecular flexibility index (Phi) is 7.35. The molecule has 0 bridgehead atoms. The first kappa shape index (κ1) is 22.5. The smallest absolute Gasteiger partial charge is 0.243 e. The highest BCUT2D eigenvalue weighted by atomic mass is 32.1. The summed E-state index contributed by atoms with van der Waals surface area (Å²) in [6, 6.07) is 10.5. The average molecular weight is 427 g/mol. The summed E-state index contributed by atoms with van der Waals surface area (Å²) < 4.78 is 0. The fraction of sp³-hybridized carbons (Fsp3) is 0.520. The standard InChI is InChI=1S/C25H34N2O2S/c1-6-19(5)27(23(28)15-17(2)3)16-24(29)26-13-11-22-21(12-14-30-22)25(26)20-10-8-7-9-18(20)4/h7-10,12,14,17,19,25H,6,11,13,15-16H2,1-5H3. The Balaban J connectivity index is 1.91. The van der Waals surface area contributed by atoms with Crippen LogP contribution in [-0.4, -0.2) is 40.7 Å². The predicted octanol–water partition coefficient (Wildman–Crippen LogP) is 5.20. The lowest BCUT2D eigenvalue weighted by atomic mass is 9.90. The van der Waals surface area contributed by atoms with Crippen molar-refractivity contribution in [1.82, 2.24) is 9.80 Å². The van der Waals surface area contributed by atoms with Gasteiger partial charge < -0.3 is 9.80 Å². The second-order valence-corrected chi connectivity index (χ2v) is 9.77. The Morgan fingerprint density at radius 1 is 1.17 bits per heavy atom. The molecule has 0 saturated carbocycles. The number of carbonyl (C=O) groups excluding carboxylic acids is 2. The molecule has 162 valence electrons. The lowest BCUT2D eigenvalue weighted by Crippen LogP contribution is -2.49. The van der Waals surface area contributed by atoms with E-state index in [0.29, 0.717) is 13.0 Å². The maximum Gasteiger partial charge on any atom is 0.243 e. The van der Waals surface area contributed by atoms with Crippen molar-refractivity contribution in [1.29, 1.82) is 0 Å². The van der Waals surface area contributed by atoms with Crippen molar-refractivity contribution in [3.63, 3.8) is 0 Å². The van der Waals surface area contributed by atoms with Gasteiger partial charge in [-0.15, -0.1) is 11.3 Å². The van der Waals surface area contributed by atoms with Gasteiger partial charge in [-0.05, 0) is 60.7 Å². The molecule has 0 radical (unpaired) electrons. The second kappa shape index (κ2) is 9.78. The number of fused-ring (bicyclic) bond motifs is 1. The zero-order valence-electron chi connectivity index (χ0n) is 18.9. The van der Waals surface area contributed by atoms with Crippen molar-refractivity contribution >= 4 is 23.2 Å². The van der Waals surface area contributed by atoms with E-state index in [1.54, 1.807) is 16.2 Å². The number of benzene rings is 1. The lowest BCUT2D eigenvalue weighted by molar-refractivity contribution is -0.144. The predicted molar refractivity (Wildman–Crippen MR) is 124 cm³/mol. The van der Waals surface area contributed by atoms with Gasteiger partial charge in [-0.1, -0.05) is 45.0 Å². The quantitative estimate of drug-likeness (QED) is 0.610. The van der Waals surface area contributed by atoms with Crippen molar-refractivity contribution in [2.24, 2.45) is 5.92 Å². The minimum atomic E-state index is -0.0762. The third-order valence-electron chi connectivity index (χ3n) is 6.10. The molecule has 2 atom stereocenters. The van der Waals surface area contributed by atoms with Crippen LogP contribution < -0.4 is 0 Å². The van der Waals surface area contributed by atoms with Gasteiger partial charge >= 0.3 is 0 Å². The zero-order valence-corrected chi connectivity index (χ0v) is 19.7. The number of carbonyl (C=O) groups is 2. The molecule has 0 aliphatic carbocycles. The Morgan fingerprint density at radius 2 is 1.90 bits per heavy atom. The van der Waals surface area contributed by atoms with Crippen molar-refractivity contribution in [3.8, 4) is 0 Å². The molecule has 0 saturated heterocycles. The van der Waals surface area contributed by atoms with Crippen LogP contribution in [0.1, 0.15) is 68.1 Å². The summed E-state index contributed by atoms with van der Waals surface area (Å²) in [5.41, 5.74) is 3.60. The van der Waals surface area contributed by atoms with Crippen LogP contribution in [0.4, 0.5) is 0 Å². The molecular weight excluding hydrogens is 392 g/mol. The number of hydrogen-bond acceptors (Lipinski definition) is 3. The largest absolute Gasteiger partial charge is 0.331 e. The summed E-state index contributed by atoms with van der Waals surface area (Å²) in [4.78, 5) is 31.6. The number of thiophene rings is 1. The van der Waals surface area contributed by atoms with Crippen LogP contribution in [-0.2, 0) is 16.0 Å². The maximum absolute atomic E-state index is 13.6. The van der Waals surface area contributed by atoms with E-state index < -0.39 is 0 Å². The van der Waals surface area contributed by atoms with Crippen molar-refractivity contribution in [2.45, 2.75) is 66.0 Å². The van der Waals surface area contributed by atoms with Gasteiger partial charge in [0.15, 0.2) is 0 Å². The fourth-order valence-corrected chi connectivity index (χ4v) is 5.13. The van der Waals surface area contributed by atoms with Crippen LogP contribution in [0.3, 0.4) is 0 Å². The molecule has 0 spiro atoms. The molecule has 1 aromatic heterocycles. The number of nitrogens with zero attached hydrogens (tertiary/aromatic N) is 2. The van der Waals surface area contributed by atoms with Crippen LogP contribution in [0.2, 0.25) is 0 Å². The second-order valence-electron chi connectivity index (χ2n) is 8.77. The van der Waals surface area contributed by atoms with Gasteiger partial charge in [0.2, 0.25) is 11.8 Å². The highest BCUT2D eigenvalue weighted by Crippen LogP contribution is 2.39. The van der Waals surface area contributed by atoms with Crippen LogP contribution >= 0.6 is 11.3 Å². The topological polar surface area (TPSA) is 40.6 Å². The van der Waals surface area contributed by atoms with Crippen LogP contribution in [0.25, 0.3) is 0 Å². The van der Waals surface area contributed by atoms with E-state index in [0.717, 1.165) is 12.8 Å². The first-order valence-electron chi connectivity index (χ1n) is 11.0. The molecule has 0 N–H and O–H groups in total. The fourth-order valence-electron chi connectivity index (χ4n) is 4.23. The van der Waals surface area contributed by atoms with Gasteiger partial charge in [-0.3, -0.25) is 9.59 Å². The maximum atomic E-state index is 13.6. The van der Waals surface area contributed by atoms with Gasteiger partial charge in [-0.25, -0.2) is 0 Å². The summed E-state index contributed by atoms with van der Waals surface area (Å²) in [5, 5.41) is 2.13. The summed E-state index contributed by atoms with van der Waals surface area (Å²) in [5.74, 6) is 0.396. The first-order chi connectivity index (χ1) is 14.3. The monoisotopic (exact) mass is 426 g/mol. The van der Waals surface area contributed by atoms with Crippen molar-refractivity contribution in [2.75, 3.05) is 13.1 Å². The molecule has 1 aromatic carbocycles. The average Bonchev–Trinajstić information content (AvgIpc) is 3.19. The van der Waals surface area contributed by atoms with Gasteiger partial charge in [-0.2, -0.15) is 0 Å². The van der Waals surface area contributed by atoms with E-state index in [1.165, 1.54) is 21.6 Å². The highest BCUT2D eigenvalue weighted by molar-refractivity contribution is 7.10. The van der Waals surface area contributed by atoms with Crippen LogP contribution in [0.5, 0.6) is 0 Å². The van der Waals surface area contributed by atoms with Gasteiger partial charge in [0.1, 0.15) is 6.54 Å². The molecular formula is C25H34N2O2S. The molecule has 2 aromatic rings. The van der Waals surface area contributed by atoms with E-state index in [2.05, 4.69) is 37.4 Å². The van der Waals surface area contributed by atoms with Crippen molar-refractivity contribution in [3.05, 3.63) is 57.3 Å². The van der Waals surface area contributed by atoms with E-state index in [1.807, 2.05) is 37.8 Å². The molecule has 3 rings (SSSR count). The Bertz CT molecular complexity index is 889. The lowest BCUT2D eigenvalue weighted by Gasteiger charge is -2.39. The van der Waals surface area contributed by atoms with Crippen LogP contribution in [0, 0.1) is 12.8 Å². The van der Waals surface area contributed by atoms with E-state index >= 15 is 0 Å². The van der Waals surface area contributed by atoms with Gasteiger partial charge in [0, 0.05) is 23.9 Å². The summed E-state index contributed by atoms with van der Waals surface area (Å²) >= 11 is 1.78.